The van der Waals surface area contributed by atoms with Crippen molar-refractivity contribution in [2.75, 3.05) is 5.32 Å². The van der Waals surface area contributed by atoms with Crippen molar-refractivity contribution in [1.82, 2.24) is 9.97 Å². The highest BCUT2D eigenvalue weighted by Gasteiger charge is 2.30. The Kier molecular flexibility index (Phi) is 4.24. The lowest BCUT2D eigenvalue weighted by molar-refractivity contribution is -0.137. The number of halogens is 3. The summed E-state index contributed by atoms with van der Waals surface area (Å²) in [6, 6.07) is 18.5. The molecule has 4 aromatic rings. The first-order chi connectivity index (χ1) is 13.0. The number of aromatic nitrogens is 2. The molecule has 6 heteroatoms. The van der Waals surface area contributed by atoms with Crippen LogP contribution in [0.3, 0.4) is 0 Å². The zero-order chi connectivity index (χ0) is 18.9. The van der Waals surface area contributed by atoms with Crippen LogP contribution < -0.4 is 5.32 Å². The zero-order valence-electron chi connectivity index (χ0n) is 14.0. The molecule has 0 atom stereocenters. The Labute approximate surface area is 153 Å². The molecular formula is C21H14F3N3. The van der Waals surface area contributed by atoms with E-state index in [1.807, 2.05) is 42.5 Å². The molecule has 0 unspecified atom stereocenters. The van der Waals surface area contributed by atoms with Gasteiger partial charge >= 0.3 is 6.18 Å². The molecule has 0 spiro atoms. The minimum absolute atomic E-state index is 0.383. The number of alkyl halides is 3. The number of rotatable bonds is 3. The van der Waals surface area contributed by atoms with E-state index in [0.717, 1.165) is 34.2 Å². The van der Waals surface area contributed by atoms with Crippen LogP contribution in [0.25, 0.3) is 22.0 Å². The number of anilines is 2. The second-order valence-corrected chi connectivity index (χ2v) is 6.08. The standard InChI is InChI=1S/C21H14F3N3/c22-21(23,24)17-4-2-6-19(11-17)27-18-5-1-3-14(10-18)15-7-8-20-16(9-15)12-25-13-26-20/h1-13,27H. The molecule has 3 nitrogen and oxygen atoms in total. The van der Waals surface area contributed by atoms with Crippen LogP contribution in [0, 0.1) is 0 Å². The Bertz CT molecular complexity index is 1110. The summed E-state index contributed by atoms with van der Waals surface area (Å²) in [6.07, 6.45) is -1.12. The van der Waals surface area contributed by atoms with Crippen LogP contribution in [-0.2, 0) is 6.18 Å². The molecule has 0 saturated carbocycles. The summed E-state index contributed by atoms with van der Waals surface area (Å²) in [5.74, 6) is 0. The summed E-state index contributed by atoms with van der Waals surface area (Å²) >= 11 is 0. The maximum atomic E-state index is 12.9. The SMILES string of the molecule is FC(F)(F)c1cccc(Nc2cccc(-c3ccc4ncncc4c3)c2)c1. The molecular weight excluding hydrogens is 351 g/mol. The molecule has 0 bridgehead atoms. The summed E-state index contributed by atoms with van der Waals surface area (Å²) in [4.78, 5) is 8.24. The minimum atomic E-state index is -4.37. The van der Waals surface area contributed by atoms with Crippen LogP contribution in [0.15, 0.2) is 79.3 Å². The van der Waals surface area contributed by atoms with Crippen molar-refractivity contribution < 1.29 is 13.2 Å². The Morgan fingerprint density at radius 1 is 0.778 bits per heavy atom. The largest absolute Gasteiger partial charge is 0.416 e. The van der Waals surface area contributed by atoms with Crippen LogP contribution in [0.4, 0.5) is 24.5 Å². The van der Waals surface area contributed by atoms with Gasteiger partial charge in [0.25, 0.3) is 0 Å². The van der Waals surface area contributed by atoms with Crippen molar-refractivity contribution in [2.45, 2.75) is 6.18 Å². The summed E-state index contributed by atoms with van der Waals surface area (Å²) in [7, 11) is 0. The summed E-state index contributed by atoms with van der Waals surface area (Å²) in [5, 5.41) is 3.96. The maximum absolute atomic E-state index is 12.9. The lowest BCUT2D eigenvalue weighted by Gasteiger charge is -2.12. The van der Waals surface area contributed by atoms with Crippen LogP contribution in [0.2, 0.25) is 0 Å². The molecule has 0 radical (unpaired) electrons. The van der Waals surface area contributed by atoms with E-state index in [9.17, 15) is 13.2 Å². The van der Waals surface area contributed by atoms with Gasteiger partial charge in [0.1, 0.15) is 6.33 Å². The molecule has 1 heterocycles. The van der Waals surface area contributed by atoms with Crippen LogP contribution in [0.5, 0.6) is 0 Å². The minimum Gasteiger partial charge on any atom is -0.355 e. The molecule has 27 heavy (non-hydrogen) atoms. The van der Waals surface area contributed by atoms with Gasteiger partial charge in [0.05, 0.1) is 11.1 Å². The van der Waals surface area contributed by atoms with Gasteiger partial charge in [-0.1, -0.05) is 24.3 Å². The van der Waals surface area contributed by atoms with Gasteiger partial charge in [-0.2, -0.15) is 13.2 Å². The van der Waals surface area contributed by atoms with Gasteiger partial charge in [-0.05, 0) is 53.6 Å². The summed E-state index contributed by atoms with van der Waals surface area (Å²) < 4.78 is 38.6. The Hall–Kier alpha value is -3.41. The van der Waals surface area contributed by atoms with E-state index in [-0.39, 0.29) is 0 Å². The van der Waals surface area contributed by atoms with E-state index in [2.05, 4.69) is 15.3 Å². The predicted octanol–water partition coefficient (Wildman–Crippen LogP) is 6.06. The third-order valence-electron chi connectivity index (χ3n) is 4.18. The molecule has 1 aromatic heterocycles. The first-order valence-corrected chi connectivity index (χ1v) is 8.23. The van der Waals surface area contributed by atoms with Gasteiger partial charge in [0.15, 0.2) is 0 Å². The van der Waals surface area contributed by atoms with Crippen molar-refractivity contribution in [1.29, 1.82) is 0 Å². The van der Waals surface area contributed by atoms with E-state index >= 15 is 0 Å². The fourth-order valence-corrected chi connectivity index (χ4v) is 2.88. The molecule has 0 amide bonds. The number of benzene rings is 3. The molecule has 134 valence electrons. The van der Waals surface area contributed by atoms with Gasteiger partial charge in [-0.25, -0.2) is 9.97 Å². The van der Waals surface area contributed by atoms with Crippen LogP contribution in [-0.4, -0.2) is 9.97 Å². The van der Waals surface area contributed by atoms with Gasteiger partial charge in [-0.15, -0.1) is 0 Å². The topological polar surface area (TPSA) is 37.8 Å². The third-order valence-corrected chi connectivity index (χ3v) is 4.18. The molecule has 0 saturated heterocycles. The number of hydrogen-bond acceptors (Lipinski definition) is 3. The lowest BCUT2D eigenvalue weighted by Crippen LogP contribution is -2.05. The van der Waals surface area contributed by atoms with Crippen molar-refractivity contribution in [2.24, 2.45) is 0 Å². The van der Waals surface area contributed by atoms with Gasteiger partial charge in [-0.3, -0.25) is 0 Å². The zero-order valence-corrected chi connectivity index (χ0v) is 14.0. The van der Waals surface area contributed by atoms with Crippen molar-refractivity contribution >= 4 is 22.3 Å². The second-order valence-electron chi connectivity index (χ2n) is 6.08. The highest BCUT2D eigenvalue weighted by molar-refractivity contribution is 5.84. The first-order valence-electron chi connectivity index (χ1n) is 8.23. The molecule has 0 aliphatic carbocycles. The van der Waals surface area contributed by atoms with Crippen molar-refractivity contribution in [3.8, 4) is 11.1 Å². The van der Waals surface area contributed by atoms with Gasteiger partial charge < -0.3 is 5.32 Å². The van der Waals surface area contributed by atoms with Gasteiger partial charge in [0.2, 0.25) is 0 Å². The van der Waals surface area contributed by atoms with Crippen LogP contribution >= 0.6 is 0 Å². The number of fused-ring (bicyclic) bond motifs is 1. The second kappa shape index (κ2) is 6.72. The van der Waals surface area contributed by atoms with E-state index in [1.54, 1.807) is 12.3 Å². The summed E-state index contributed by atoms with van der Waals surface area (Å²) in [6.45, 7) is 0. The summed E-state index contributed by atoms with van der Waals surface area (Å²) in [5.41, 5.74) is 3.18. The van der Waals surface area contributed by atoms with Crippen molar-refractivity contribution in [3.05, 3.63) is 84.8 Å². The normalized spacial score (nSPS) is 11.5. The highest BCUT2D eigenvalue weighted by Crippen LogP contribution is 2.32. The predicted molar refractivity (Wildman–Crippen MR) is 99.7 cm³/mol. The quantitative estimate of drug-likeness (QED) is 0.480. The molecule has 0 aliphatic rings. The lowest BCUT2D eigenvalue weighted by atomic mass is 10.0. The van der Waals surface area contributed by atoms with Crippen LogP contribution in [0.1, 0.15) is 5.56 Å². The third kappa shape index (κ3) is 3.74. The fourth-order valence-electron chi connectivity index (χ4n) is 2.88. The van der Waals surface area contributed by atoms with E-state index in [4.69, 9.17) is 0 Å². The number of nitrogens with one attached hydrogen (secondary N) is 1. The number of nitrogens with zero attached hydrogens (tertiary/aromatic N) is 2. The molecule has 1 N–H and O–H groups in total. The molecule has 4 rings (SSSR count). The Morgan fingerprint density at radius 3 is 2.33 bits per heavy atom. The molecule has 0 fully saturated rings. The van der Waals surface area contributed by atoms with Gasteiger partial charge in [0, 0.05) is 23.0 Å². The van der Waals surface area contributed by atoms with Crippen molar-refractivity contribution in [3.63, 3.8) is 0 Å². The highest BCUT2D eigenvalue weighted by atomic mass is 19.4. The molecule has 0 aliphatic heterocycles. The fraction of sp³-hybridized carbons (Fsp3) is 0.0476. The maximum Gasteiger partial charge on any atom is 0.416 e. The smallest absolute Gasteiger partial charge is 0.355 e. The first kappa shape index (κ1) is 17.0. The van der Waals surface area contributed by atoms with E-state index in [1.165, 1.54) is 12.4 Å². The Balaban J connectivity index is 1.64. The Morgan fingerprint density at radius 2 is 1.52 bits per heavy atom. The van der Waals surface area contributed by atoms with E-state index in [0.29, 0.717) is 11.4 Å². The van der Waals surface area contributed by atoms with E-state index < -0.39 is 11.7 Å². The number of hydrogen-bond donors (Lipinski definition) is 1. The monoisotopic (exact) mass is 365 g/mol. The molecule has 3 aromatic carbocycles. The average Bonchev–Trinajstić information content (AvgIpc) is 2.67. The average molecular weight is 365 g/mol.